The molecule has 0 bridgehead atoms. The molecule has 0 fully saturated rings. The minimum Gasteiger partial charge on any atom is -0.491 e. The first-order valence-electron chi connectivity index (χ1n) is 6.68. The van der Waals surface area contributed by atoms with Gasteiger partial charge in [-0.15, -0.1) is 0 Å². The van der Waals surface area contributed by atoms with Gasteiger partial charge in [-0.3, -0.25) is 4.79 Å². The number of carbonyl (C=O) groups is 1. The van der Waals surface area contributed by atoms with Crippen LogP contribution in [-0.2, 0) is 10.3 Å². The lowest BCUT2D eigenvalue weighted by atomic mass is 9.88. The molecule has 0 saturated heterocycles. The number of nitrogens with one attached hydrogen (secondary N) is 1. The Bertz CT molecular complexity index is 415. The van der Waals surface area contributed by atoms with Gasteiger partial charge < -0.3 is 15.8 Å². The Morgan fingerprint density at radius 3 is 2.37 bits per heavy atom. The summed E-state index contributed by atoms with van der Waals surface area (Å²) in [4.78, 5) is 11.2. The van der Waals surface area contributed by atoms with Crippen molar-refractivity contribution < 1.29 is 9.53 Å². The molecule has 106 valence electrons. The molecule has 1 atom stereocenters. The van der Waals surface area contributed by atoms with E-state index in [0.29, 0.717) is 0 Å². The minimum absolute atomic E-state index is 0.150. The molecule has 1 aromatic carbocycles. The molecule has 19 heavy (non-hydrogen) atoms. The number of nitrogens with two attached hydrogens (primary N) is 1. The smallest absolute Gasteiger partial charge is 0.219 e. The van der Waals surface area contributed by atoms with Crippen molar-refractivity contribution in [2.75, 3.05) is 6.54 Å². The van der Waals surface area contributed by atoms with Crippen molar-refractivity contribution in [1.82, 2.24) is 5.32 Å². The van der Waals surface area contributed by atoms with E-state index in [-0.39, 0.29) is 18.4 Å². The number of amides is 1. The SMILES string of the molecule is CCNC(C)(CC(N)=O)c1ccc(OC(C)C)cc1. The van der Waals surface area contributed by atoms with E-state index in [9.17, 15) is 4.79 Å². The van der Waals surface area contributed by atoms with Gasteiger partial charge in [-0.25, -0.2) is 0 Å². The first kappa shape index (κ1) is 15.5. The van der Waals surface area contributed by atoms with E-state index in [2.05, 4.69) is 5.32 Å². The average Bonchev–Trinajstić information content (AvgIpc) is 2.28. The molecular formula is C15H24N2O2. The number of ether oxygens (including phenoxy) is 1. The lowest BCUT2D eigenvalue weighted by Crippen LogP contribution is -2.42. The molecule has 0 aliphatic carbocycles. The third-order valence-corrected chi connectivity index (χ3v) is 2.96. The van der Waals surface area contributed by atoms with E-state index < -0.39 is 5.54 Å². The van der Waals surface area contributed by atoms with Gasteiger partial charge in [0.2, 0.25) is 5.91 Å². The molecule has 4 heteroatoms. The molecule has 0 saturated carbocycles. The quantitative estimate of drug-likeness (QED) is 0.793. The van der Waals surface area contributed by atoms with Crippen molar-refractivity contribution in [3.63, 3.8) is 0 Å². The standard InChI is InChI=1S/C15H24N2O2/c1-5-17-15(4,10-14(16)18)12-6-8-13(9-7-12)19-11(2)3/h6-9,11,17H,5,10H2,1-4H3,(H2,16,18). The van der Waals surface area contributed by atoms with E-state index >= 15 is 0 Å². The zero-order valence-electron chi connectivity index (χ0n) is 12.2. The Morgan fingerprint density at radius 2 is 1.95 bits per heavy atom. The maximum atomic E-state index is 11.2. The molecule has 1 amide bonds. The van der Waals surface area contributed by atoms with Crippen molar-refractivity contribution in [1.29, 1.82) is 0 Å². The Morgan fingerprint density at radius 1 is 1.37 bits per heavy atom. The molecule has 0 aliphatic heterocycles. The predicted molar refractivity (Wildman–Crippen MR) is 77.0 cm³/mol. The van der Waals surface area contributed by atoms with Crippen LogP contribution in [0.15, 0.2) is 24.3 Å². The zero-order chi connectivity index (χ0) is 14.5. The van der Waals surface area contributed by atoms with Crippen LogP contribution in [0.5, 0.6) is 5.75 Å². The third kappa shape index (κ3) is 4.56. The summed E-state index contributed by atoms with van der Waals surface area (Å²) in [6.07, 6.45) is 0.419. The summed E-state index contributed by atoms with van der Waals surface area (Å²) in [5.74, 6) is 0.516. The van der Waals surface area contributed by atoms with E-state index in [1.165, 1.54) is 0 Å². The Kier molecular flexibility index (Phi) is 5.36. The summed E-state index contributed by atoms with van der Waals surface area (Å²) >= 11 is 0. The molecule has 1 aromatic rings. The molecule has 0 aromatic heterocycles. The lowest BCUT2D eigenvalue weighted by Gasteiger charge is -2.30. The van der Waals surface area contributed by atoms with Gasteiger partial charge >= 0.3 is 0 Å². The van der Waals surface area contributed by atoms with Gasteiger partial charge in [-0.1, -0.05) is 19.1 Å². The summed E-state index contributed by atoms with van der Waals surface area (Å²) in [6, 6.07) is 7.80. The molecule has 0 heterocycles. The largest absolute Gasteiger partial charge is 0.491 e. The van der Waals surface area contributed by atoms with Gasteiger partial charge in [0.05, 0.1) is 6.10 Å². The van der Waals surface area contributed by atoms with Gasteiger partial charge in [0.15, 0.2) is 0 Å². The highest BCUT2D eigenvalue weighted by molar-refractivity contribution is 5.75. The second kappa shape index (κ2) is 6.57. The maximum absolute atomic E-state index is 11.2. The van der Waals surface area contributed by atoms with E-state index in [1.54, 1.807) is 0 Å². The summed E-state index contributed by atoms with van der Waals surface area (Å²) in [7, 11) is 0. The highest BCUT2D eigenvalue weighted by Gasteiger charge is 2.27. The van der Waals surface area contributed by atoms with Crippen LogP contribution < -0.4 is 15.8 Å². The number of carbonyl (C=O) groups excluding carboxylic acids is 1. The molecule has 0 radical (unpaired) electrons. The van der Waals surface area contributed by atoms with Crippen LogP contribution in [0, 0.1) is 0 Å². The maximum Gasteiger partial charge on any atom is 0.219 e. The summed E-state index contributed by atoms with van der Waals surface area (Å²) in [5.41, 5.74) is 5.94. The van der Waals surface area contributed by atoms with Crippen LogP contribution in [0.1, 0.15) is 39.7 Å². The highest BCUT2D eigenvalue weighted by Crippen LogP contribution is 2.26. The summed E-state index contributed by atoms with van der Waals surface area (Å²) < 4.78 is 5.61. The highest BCUT2D eigenvalue weighted by atomic mass is 16.5. The van der Waals surface area contributed by atoms with Crippen LogP contribution in [0.2, 0.25) is 0 Å². The van der Waals surface area contributed by atoms with E-state index in [1.807, 2.05) is 52.0 Å². The fourth-order valence-electron chi connectivity index (χ4n) is 2.18. The van der Waals surface area contributed by atoms with Crippen LogP contribution in [0.25, 0.3) is 0 Å². The van der Waals surface area contributed by atoms with Crippen molar-refractivity contribution >= 4 is 5.91 Å². The predicted octanol–water partition coefficient (Wildman–Crippen LogP) is 2.17. The Hall–Kier alpha value is -1.55. The van der Waals surface area contributed by atoms with Crippen LogP contribution >= 0.6 is 0 Å². The normalized spacial score (nSPS) is 14.2. The van der Waals surface area contributed by atoms with E-state index in [0.717, 1.165) is 17.9 Å². The Labute approximate surface area is 115 Å². The minimum atomic E-state index is -0.434. The molecule has 1 unspecified atom stereocenters. The number of hydrogen-bond donors (Lipinski definition) is 2. The van der Waals surface area contributed by atoms with Crippen molar-refractivity contribution in [2.45, 2.75) is 45.8 Å². The number of benzene rings is 1. The second-order valence-electron chi connectivity index (χ2n) is 5.20. The van der Waals surface area contributed by atoms with Gasteiger partial charge in [-0.2, -0.15) is 0 Å². The fourth-order valence-corrected chi connectivity index (χ4v) is 2.18. The van der Waals surface area contributed by atoms with Crippen LogP contribution in [0.4, 0.5) is 0 Å². The zero-order valence-corrected chi connectivity index (χ0v) is 12.2. The van der Waals surface area contributed by atoms with Crippen LogP contribution in [0.3, 0.4) is 0 Å². The monoisotopic (exact) mass is 264 g/mol. The molecule has 0 aliphatic rings. The van der Waals surface area contributed by atoms with Crippen LogP contribution in [-0.4, -0.2) is 18.6 Å². The van der Waals surface area contributed by atoms with Gasteiger partial charge in [0.25, 0.3) is 0 Å². The number of primary amides is 1. The topological polar surface area (TPSA) is 64.3 Å². The number of rotatable bonds is 7. The first-order valence-corrected chi connectivity index (χ1v) is 6.68. The fraction of sp³-hybridized carbons (Fsp3) is 0.533. The summed E-state index contributed by atoms with van der Waals surface area (Å²) in [6.45, 7) is 8.75. The van der Waals surface area contributed by atoms with Gasteiger partial charge in [-0.05, 0) is 45.0 Å². The molecule has 3 N–H and O–H groups in total. The van der Waals surface area contributed by atoms with E-state index in [4.69, 9.17) is 10.5 Å². The molecular weight excluding hydrogens is 240 g/mol. The van der Waals surface area contributed by atoms with Crippen molar-refractivity contribution in [2.24, 2.45) is 5.73 Å². The van der Waals surface area contributed by atoms with Crippen molar-refractivity contribution in [3.05, 3.63) is 29.8 Å². The average molecular weight is 264 g/mol. The lowest BCUT2D eigenvalue weighted by molar-refractivity contribution is -0.119. The summed E-state index contributed by atoms with van der Waals surface area (Å²) in [5, 5.41) is 3.33. The second-order valence-corrected chi connectivity index (χ2v) is 5.20. The molecule has 0 spiro atoms. The first-order chi connectivity index (χ1) is 8.87. The Balaban J connectivity index is 2.93. The molecule has 1 rings (SSSR count). The molecule has 4 nitrogen and oxygen atoms in total. The third-order valence-electron chi connectivity index (χ3n) is 2.96. The van der Waals surface area contributed by atoms with Crippen molar-refractivity contribution in [3.8, 4) is 5.75 Å². The van der Waals surface area contributed by atoms with Gasteiger partial charge in [0.1, 0.15) is 5.75 Å². The number of hydrogen-bond acceptors (Lipinski definition) is 3. The van der Waals surface area contributed by atoms with Gasteiger partial charge in [0, 0.05) is 12.0 Å².